The van der Waals surface area contributed by atoms with E-state index in [1.165, 1.54) is 24.3 Å². The second kappa shape index (κ2) is 8.55. The van der Waals surface area contributed by atoms with Crippen LogP contribution in [0.25, 0.3) is 87.3 Å². The molecule has 0 aliphatic rings. The van der Waals surface area contributed by atoms with E-state index in [0.29, 0.717) is 0 Å². The maximum Gasteiger partial charge on any atom is 0.143 e. The van der Waals surface area contributed by atoms with E-state index in [1.807, 2.05) is 0 Å². The average molecular weight is 541 g/mol. The maximum absolute atomic E-state index is 9.54. The highest BCUT2D eigenvalue weighted by atomic mass is 16.3. The van der Waals surface area contributed by atoms with Crippen LogP contribution in [0.4, 0.5) is 0 Å². The van der Waals surface area contributed by atoms with Gasteiger partial charge in [0.2, 0.25) is 0 Å². The van der Waals surface area contributed by atoms with Crippen molar-refractivity contribution in [2.24, 2.45) is 0 Å². The van der Waals surface area contributed by atoms with E-state index in [9.17, 15) is 11.0 Å². The van der Waals surface area contributed by atoms with Gasteiger partial charge >= 0.3 is 0 Å². The molecule has 0 aliphatic carbocycles. The standard InChI is InChI=1S/C40H24O/c1-2-12-25(13-3-1)37-30-18-8-10-20-32(30)38(33-21-11-9-19-31(33)37)39-29-17-7-6-16-28(29)23-35-34-22-26-14-4-5-15-27(26)24-36(34)41-40(35)39/h1-24H/i1D,2D,3D,4D,5D,6D,7D,12D,13D,14D,15D,16D,17D,18D,19D,20D,21D,22D,23D,24D. The van der Waals surface area contributed by atoms with Gasteiger partial charge in [0.15, 0.2) is 0 Å². The molecule has 1 aromatic heterocycles. The average Bonchev–Trinajstić information content (AvgIpc) is 3.64. The third kappa shape index (κ3) is 3.24. The van der Waals surface area contributed by atoms with Gasteiger partial charge in [0.05, 0.1) is 27.4 Å². The van der Waals surface area contributed by atoms with Crippen molar-refractivity contribution in [3.05, 3.63) is 145 Å². The lowest BCUT2D eigenvalue weighted by atomic mass is 9.84. The van der Waals surface area contributed by atoms with Gasteiger partial charge in [-0.2, -0.15) is 0 Å². The Morgan fingerprint density at radius 2 is 0.927 bits per heavy atom. The topological polar surface area (TPSA) is 13.1 Å². The van der Waals surface area contributed by atoms with Crippen molar-refractivity contribution >= 4 is 65.0 Å². The van der Waals surface area contributed by atoms with Crippen LogP contribution in [0.1, 0.15) is 27.4 Å². The van der Waals surface area contributed by atoms with Gasteiger partial charge in [0.25, 0.3) is 0 Å². The molecule has 0 fully saturated rings. The predicted octanol–water partition coefficient (Wildman–Crippen LogP) is 11.5. The number of benzene rings is 8. The number of hydrogen-bond acceptors (Lipinski definition) is 1. The Morgan fingerprint density at radius 1 is 0.390 bits per heavy atom. The third-order valence-corrected chi connectivity index (χ3v) is 7.08. The third-order valence-electron chi connectivity index (χ3n) is 7.08. The summed E-state index contributed by atoms with van der Waals surface area (Å²) in [6.07, 6.45) is 0. The molecule has 0 saturated carbocycles. The van der Waals surface area contributed by atoms with Gasteiger partial charge in [0.1, 0.15) is 11.2 Å². The van der Waals surface area contributed by atoms with Gasteiger partial charge in [-0.05, 0) is 72.3 Å². The van der Waals surface area contributed by atoms with Crippen LogP contribution in [0, 0.1) is 0 Å². The summed E-state index contributed by atoms with van der Waals surface area (Å²) in [5, 5.41) is -3.20. The van der Waals surface area contributed by atoms with E-state index in [0.717, 1.165) is 0 Å². The van der Waals surface area contributed by atoms with E-state index in [-0.39, 0.29) is 83.9 Å². The van der Waals surface area contributed by atoms with Crippen LogP contribution in [0.15, 0.2) is 150 Å². The molecule has 8 aromatic carbocycles. The molecule has 0 spiro atoms. The number of rotatable bonds is 2. The Kier molecular flexibility index (Phi) is 2.20. The van der Waals surface area contributed by atoms with Gasteiger partial charge in [0, 0.05) is 21.9 Å². The zero-order valence-corrected chi connectivity index (χ0v) is 20.7. The fourth-order valence-electron chi connectivity index (χ4n) is 5.45. The predicted molar refractivity (Wildman–Crippen MR) is 175 cm³/mol. The summed E-state index contributed by atoms with van der Waals surface area (Å²) in [7, 11) is 0. The normalized spacial score (nSPS) is 18.7. The first kappa shape index (κ1) is 10.5. The Balaban J connectivity index is 1.69. The van der Waals surface area contributed by atoms with E-state index < -0.39 is 124 Å². The zero-order chi connectivity index (χ0) is 44.3. The molecule has 190 valence electrons. The molecule has 0 amide bonds. The molecule has 0 aliphatic heterocycles. The molecule has 1 heterocycles. The molecule has 41 heavy (non-hydrogen) atoms. The lowest BCUT2D eigenvalue weighted by Crippen LogP contribution is -1.92. The van der Waals surface area contributed by atoms with Gasteiger partial charge in [-0.3, -0.25) is 0 Å². The second-order valence-electron chi connectivity index (χ2n) is 9.25. The lowest BCUT2D eigenvalue weighted by Gasteiger charge is -2.19. The molecule has 0 atom stereocenters. The van der Waals surface area contributed by atoms with E-state index in [4.69, 9.17) is 20.9 Å². The molecule has 0 unspecified atom stereocenters. The molecular formula is C40H24O. The molecule has 9 aromatic rings. The fraction of sp³-hybridized carbons (Fsp3) is 0. The number of fused-ring (bicyclic) bond motifs is 7. The number of furan rings is 1. The van der Waals surface area contributed by atoms with Crippen LogP contribution in [-0.4, -0.2) is 0 Å². The minimum atomic E-state index is -0.769. The van der Waals surface area contributed by atoms with E-state index in [1.54, 1.807) is 0 Å². The summed E-state index contributed by atoms with van der Waals surface area (Å²) < 4.78 is 185. The first-order valence-electron chi connectivity index (χ1n) is 22.5. The first-order valence-corrected chi connectivity index (χ1v) is 12.5. The van der Waals surface area contributed by atoms with Gasteiger partial charge < -0.3 is 4.42 Å². The molecule has 1 heteroatoms. The van der Waals surface area contributed by atoms with Gasteiger partial charge in [-0.15, -0.1) is 0 Å². The van der Waals surface area contributed by atoms with Crippen molar-refractivity contribution in [3.8, 4) is 22.3 Å². The van der Waals surface area contributed by atoms with Gasteiger partial charge in [-0.25, -0.2) is 0 Å². The fourth-order valence-corrected chi connectivity index (χ4v) is 5.45. The summed E-state index contributed by atoms with van der Waals surface area (Å²) >= 11 is 0. The van der Waals surface area contributed by atoms with Crippen molar-refractivity contribution in [2.45, 2.75) is 0 Å². The highest BCUT2D eigenvalue weighted by molar-refractivity contribution is 6.28. The smallest absolute Gasteiger partial charge is 0.143 e. The van der Waals surface area contributed by atoms with Crippen LogP contribution in [0.3, 0.4) is 0 Å². The van der Waals surface area contributed by atoms with Crippen molar-refractivity contribution < 1.29 is 31.8 Å². The zero-order valence-electron chi connectivity index (χ0n) is 40.7. The quantitative estimate of drug-likeness (QED) is 0.199. The molecule has 9 rings (SSSR count). The van der Waals surface area contributed by atoms with Gasteiger partial charge in [-0.1, -0.05) is 127 Å². The van der Waals surface area contributed by atoms with Crippen LogP contribution in [0.2, 0.25) is 0 Å². The summed E-state index contributed by atoms with van der Waals surface area (Å²) in [5.41, 5.74) is -2.16. The minimum Gasteiger partial charge on any atom is -0.455 e. The molecule has 0 radical (unpaired) electrons. The maximum atomic E-state index is 9.54. The van der Waals surface area contributed by atoms with Crippen molar-refractivity contribution in [1.29, 1.82) is 0 Å². The first-order chi connectivity index (χ1) is 28.7. The molecule has 0 saturated heterocycles. The monoisotopic (exact) mass is 540 g/mol. The minimum absolute atomic E-state index is 0.238. The summed E-state index contributed by atoms with van der Waals surface area (Å²) in [6.45, 7) is 0. The van der Waals surface area contributed by atoms with Crippen molar-refractivity contribution in [2.75, 3.05) is 0 Å². The lowest BCUT2D eigenvalue weighted by molar-refractivity contribution is 0.671. The van der Waals surface area contributed by atoms with Crippen LogP contribution in [0.5, 0.6) is 0 Å². The molecular weight excluding hydrogens is 496 g/mol. The second-order valence-corrected chi connectivity index (χ2v) is 9.25. The van der Waals surface area contributed by atoms with Crippen LogP contribution < -0.4 is 0 Å². The summed E-state index contributed by atoms with van der Waals surface area (Å²) in [4.78, 5) is 0. The molecule has 0 N–H and O–H groups in total. The summed E-state index contributed by atoms with van der Waals surface area (Å²) in [6, 6.07) is -7.80. The van der Waals surface area contributed by atoms with Crippen LogP contribution in [-0.2, 0) is 0 Å². The summed E-state index contributed by atoms with van der Waals surface area (Å²) in [5.74, 6) is 0. The van der Waals surface area contributed by atoms with Crippen LogP contribution >= 0.6 is 0 Å². The highest BCUT2D eigenvalue weighted by Crippen LogP contribution is 2.49. The molecule has 1 nitrogen and oxygen atoms in total. The largest absolute Gasteiger partial charge is 0.455 e. The van der Waals surface area contributed by atoms with E-state index in [2.05, 4.69) is 0 Å². The van der Waals surface area contributed by atoms with Crippen molar-refractivity contribution in [3.63, 3.8) is 0 Å². The SMILES string of the molecule is [2H]c1c([2H])c([2H])c(-c2c3c([2H])ccc([2H])c3c(-c3c4oc5c([2H])c6c([2H])c([2H])c([2H])c([2H])c6c([2H])c5c4c([2H])c4c([2H])c([2H])c([2H])c([2H])c34)c3c([2H])ccc([2H])c23)c([2H])c1[2H]. The van der Waals surface area contributed by atoms with E-state index >= 15 is 0 Å². The molecule has 0 bridgehead atoms. The van der Waals surface area contributed by atoms with Crippen molar-refractivity contribution in [1.82, 2.24) is 0 Å². The Morgan fingerprint density at radius 3 is 1.61 bits per heavy atom. The highest BCUT2D eigenvalue weighted by Gasteiger charge is 2.22. The Bertz CT molecular complexity index is 3490. The number of hydrogen-bond donors (Lipinski definition) is 0. The Hall–Kier alpha value is -5.40. The Labute approximate surface area is 265 Å².